The van der Waals surface area contributed by atoms with Crippen LogP contribution in [0.15, 0.2) is 48.5 Å². The minimum absolute atomic E-state index is 0.0259. The lowest BCUT2D eigenvalue weighted by atomic mass is 10.0. The number of aryl methyl sites for hydroxylation is 2. The zero-order valence-corrected chi connectivity index (χ0v) is 16.0. The van der Waals surface area contributed by atoms with E-state index < -0.39 is 0 Å². The number of rotatable bonds is 4. The second-order valence-electron chi connectivity index (χ2n) is 7.37. The van der Waals surface area contributed by atoms with Crippen molar-refractivity contribution in [2.45, 2.75) is 26.3 Å². The highest BCUT2D eigenvalue weighted by atomic mass is 19.1. The summed E-state index contributed by atoms with van der Waals surface area (Å²) in [7, 11) is 0. The summed E-state index contributed by atoms with van der Waals surface area (Å²) in [5.41, 5.74) is 4.52. The summed E-state index contributed by atoms with van der Waals surface area (Å²) in [6.45, 7) is 5.48. The van der Waals surface area contributed by atoms with Gasteiger partial charge < -0.3 is 10.2 Å². The lowest BCUT2D eigenvalue weighted by molar-refractivity contribution is 0.0939. The molecule has 1 fully saturated rings. The normalized spacial score (nSPS) is 16.4. The molecular formula is C22H23FN4O. The van der Waals surface area contributed by atoms with Crippen LogP contribution >= 0.6 is 0 Å². The lowest BCUT2D eigenvalue weighted by Gasteiger charge is -2.16. The Labute approximate surface area is 163 Å². The molecule has 1 aromatic heterocycles. The molecule has 144 valence electrons. The predicted molar refractivity (Wildman–Crippen MR) is 108 cm³/mol. The number of carbonyl (C=O) groups is 1. The number of carbonyl (C=O) groups excluding carboxylic acids is 1. The third kappa shape index (κ3) is 3.76. The molecule has 1 amide bonds. The second kappa shape index (κ2) is 7.46. The van der Waals surface area contributed by atoms with E-state index in [4.69, 9.17) is 0 Å². The second-order valence-corrected chi connectivity index (χ2v) is 7.37. The molecule has 0 aliphatic carbocycles. The Hall–Kier alpha value is -3.15. The maximum absolute atomic E-state index is 13.1. The largest absolute Gasteiger partial charge is 0.353 e. The van der Waals surface area contributed by atoms with E-state index in [1.165, 1.54) is 12.1 Å². The minimum atomic E-state index is -0.259. The summed E-state index contributed by atoms with van der Waals surface area (Å²) in [5.74, 6) is 0.551. The quantitative estimate of drug-likeness (QED) is 0.725. The molecule has 2 N–H and O–H groups in total. The highest BCUT2D eigenvalue weighted by molar-refractivity contribution is 5.96. The Kier molecular flexibility index (Phi) is 4.86. The average Bonchev–Trinajstić information content (AvgIpc) is 3.34. The molecule has 0 radical (unpaired) electrons. The molecule has 28 heavy (non-hydrogen) atoms. The number of hydrogen-bond acceptors (Lipinski definition) is 3. The van der Waals surface area contributed by atoms with Crippen LogP contribution in [0.4, 0.5) is 10.2 Å². The molecule has 2 aromatic carbocycles. The van der Waals surface area contributed by atoms with Crippen molar-refractivity contribution in [2.75, 3.05) is 18.0 Å². The Balaban J connectivity index is 1.41. The van der Waals surface area contributed by atoms with Crippen molar-refractivity contribution in [3.05, 3.63) is 71.0 Å². The topological polar surface area (TPSA) is 61.0 Å². The summed E-state index contributed by atoms with van der Waals surface area (Å²) >= 11 is 0. The molecule has 0 bridgehead atoms. The molecule has 1 saturated heterocycles. The van der Waals surface area contributed by atoms with Gasteiger partial charge in [-0.25, -0.2) is 4.39 Å². The molecule has 0 saturated carbocycles. The van der Waals surface area contributed by atoms with Gasteiger partial charge in [0.1, 0.15) is 5.82 Å². The zero-order valence-electron chi connectivity index (χ0n) is 16.0. The standard InChI is InChI=1S/C22H23FN4O/c1-14-3-4-15(2)19(11-14)22(28)24-18-9-10-27(13-18)21-12-20(25-26-21)16-5-7-17(23)8-6-16/h3-8,11-12,18H,9-10,13H2,1-2H3,(H,24,28)(H,25,26)/t18-/m1/s1. The van der Waals surface area contributed by atoms with E-state index in [-0.39, 0.29) is 17.8 Å². The number of nitrogens with one attached hydrogen (secondary N) is 2. The summed E-state index contributed by atoms with van der Waals surface area (Å²) in [4.78, 5) is 14.8. The molecule has 2 heterocycles. The van der Waals surface area contributed by atoms with Crippen LogP contribution in [0.2, 0.25) is 0 Å². The fourth-order valence-electron chi connectivity index (χ4n) is 3.58. The average molecular weight is 378 g/mol. The van der Waals surface area contributed by atoms with Crippen molar-refractivity contribution in [3.63, 3.8) is 0 Å². The Morgan fingerprint density at radius 1 is 1.18 bits per heavy atom. The fourth-order valence-corrected chi connectivity index (χ4v) is 3.58. The number of nitrogens with zero attached hydrogens (tertiary/aromatic N) is 2. The van der Waals surface area contributed by atoms with Crippen molar-refractivity contribution >= 4 is 11.7 Å². The van der Waals surface area contributed by atoms with Crippen LogP contribution in [-0.2, 0) is 0 Å². The van der Waals surface area contributed by atoms with E-state index in [1.807, 2.05) is 38.1 Å². The van der Waals surface area contributed by atoms with Crippen LogP contribution in [0.1, 0.15) is 27.9 Å². The summed E-state index contributed by atoms with van der Waals surface area (Å²) in [5, 5.41) is 10.5. The van der Waals surface area contributed by atoms with Gasteiger partial charge in [-0.2, -0.15) is 5.10 Å². The Morgan fingerprint density at radius 3 is 2.75 bits per heavy atom. The van der Waals surface area contributed by atoms with Gasteiger partial charge in [0.2, 0.25) is 0 Å². The first kappa shape index (κ1) is 18.2. The van der Waals surface area contributed by atoms with Crippen molar-refractivity contribution in [3.8, 4) is 11.3 Å². The van der Waals surface area contributed by atoms with Gasteiger partial charge >= 0.3 is 0 Å². The number of amides is 1. The molecular weight excluding hydrogens is 355 g/mol. The van der Waals surface area contributed by atoms with E-state index in [9.17, 15) is 9.18 Å². The first-order chi connectivity index (χ1) is 13.5. The maximum Gasteiger partial charge on any atom is 0.251 e. The van der Waals surface area contributed by atoms with Gasteiger partial charge in [-0.3, -0.25) is 9.89 Å². The van der Waals surface area contributed by atoms with Crippen molar-refractivity contribution in [1.29, 1.82) is 0 Å². The number of aromatic amines is 1. The molecule has 1 atom stereocenters. The monoisotopic (exact) mass is 378 g/mol. The third-order valence-corrected chi connectivity index (χ3v) is 5.20. The third-order valence-electron chi connectivity index (χ3n) is 5.20. The SMILES string of the molecule is Cc1ccc(C)c(C(=O)N[C@@H]2CCN(c3cc(-c4ccc(F)cc4)[nH]n3)C2)c1. The predicted octanol–water partition coefficient (Wildman–Crippen LogP) is 3.84. The molecule has 0 spiro atoms. The Morgan fingerprint density at radius 2 is 1.96 bits per heavy atom. The summed E-state index contributed by atoms with van der Waals surface area (Å²) < 4.78 is 13.1. The number of aromatic nitrogens is 2. The molecule has 0 unspecified atom stereocenters. The van der Waals surface area contributed by atoms with Gasteiger partial charge in [0.15, 0.2) is 5.82 Å². The van der Waals surface area contributed by atoms with Crippen molar-refractivity contribution in [1.82, 2.24) is 15.5 Å². The number of benzene rings is 2. The smallest absolute Gasteiger partial charge is 0.251 e. The van der Waals surface area contributed by atoms with E-state index in [0.29, 0.717) is 6.54 Å². The van der Waals surface area contributed by atoms with Crippen LogP contribution in [0.5, 0.6) is 0 Å². The van der Waals surface area contributed by atoms with E-state index in [2.05, 4.69) is 20.4 Å². The summed E-state index contributed by atoms with van der Waals surface area (Å²) in [6, 6.07) is 14.3. The molecule has 5 nitrogen and oxygen atoms in total. The number of anilines is 1. The van der Waals surface area contributed by atoms with Crippen LogP contribution in [0, 0.1) is 19.7 Å². The van der Waals surface area contributed by atoms with Crippen LogP contribution in [-0.4, -0.2) is 35.2 Å². The molecule has 6 heteroatoms. The molecule has 1 aliphatic heterocycles. The minimum Gasteiger partial charge on any atom is -0.353 e. The lowest BCUT2D eigenvalue weighted by Crippen LogP contribution is -2.37. The van der Waals surface area contributed by atoms with Gasteiger partial charge in [-0.1, -0.05) is 17.7 Å². The number of hydrogen-bond donors (Lipinski definition) is 2. The first-order valence-corrected chi connectivity index (χ1v) is 9.44. The van der Waals surface area contributed by atoms with E-state index in [0.717, 1.165) is 46.7 Å². The van der Waals surface area contributed by atoms with Gasteiger partial charge in [0, 0.05) is 30.8 Å². The zero-order chi connectivity index (χ0) is 19.7. The van der Waals surface area contributed by atoms with Crippen molar-refractivity contribution in [2.24, 2.45) is 0 Å². The fraction of sp³-hybridized carbons (Fsp3) is 0.273. The van der Waals surface area contributed by atoms with Crippen LogP contribution in [0.25, 0.3) is 11.3 Å². The van der Waals surface area contributed by atoms with Crippen molar-refractivity contribution < 1.29 is 9.18 Å². The summed E-state index contributed by atoms with van der Waals surface area (Å²) in [6.07, 6.45) is 0.870. The maximum atomic E-state index is 13.1. The molecule has 3 aromatic rings. The first-order valence-electron chi connectivity index (χ1n) is 9.44. The van der Waals surface area contributed by atoms with E-state index >= 15 is 0 Å². The van der Waals surface area contributed by atoms with Gasteiger partial charge in [0.05, 0.1) is 5.69 Å². The van der Waals surface area contributed by atoms with Gasteiger partial charge in [0.25, 0.3) is 5.91 Å². The number of H-pyrrole nitrogens is 1. The van der Waals surface area contributed by atoms with Crippen LogP contribution in [0.3, 0.4) is 0 Å². The highest BCUT2D eigenvalue weighted by Crippen LogP contribution is 2.25. The number of halogens is 1. The Bertz CT molecular complexity index is 996. The molecule has 4 rings (SSSR count). The highest BCUT2D eigenvalue weighted by Gasteiger charge is 2.26. The van der Waals surface area contributed by atoms with E-state index in [1.54, 1.807) is 12.1 Å². The molecule has 1 aliphatic rings. The van der Waals surface area contributed by atoms with Gasteiger partial charge in [-0.05, 0) is 61.7 Å². The van der Waals surface area contributed by atoms with Gasteiger partial charge in [-0.15, -0.1) is 0 Å². The van der Waals surface area contributed by atoms with Crippen LogP contribution < -0.4 is 10.2 Å².